The third kappa shape index (κ3) is 5.59. The monoisotopic (exact) mass is 281 g/mol. The molecule has 1 aromatic rings. The lowest BCUT2D eigenvalue weighted by molar-refractivity contribution is 0.00788. The molecule has 1 N–H and O–H groups in total. The lowest BCUT2D eigenvalue weighted by Crippen LogP contribution is -2.43. The molecule has 0 spiro atoms. The average Bonchev–Trinajstić information content (AvgIpc) is 2.46. The second kappa shape index (κ2) is 8.55. The van der Waals surface area contributed by atoms with E-state index in [9.17, 15) is 9.90 Å². The van der Waals surface area contributed by atoms with Gasteiger partial charge in [0, 0.05) is 7.05 Å². The second-order valence-electron chi connectivity index (χ2n) is 4.87. The zero-order chi connectivity index (χ0) is 15.0. The van der Waals surface area contributed by atoms with Crippen LogP contribution in [0.3, 0.4) is 0 Å². The van der Waals surface area contributed by atoms with Crippen LogP contribution in [0.25, 0.3) is 0 Å². The van der Waals surface area contributed by atoms with Crippen molar-refractivity contribution in [1.82, 2.24) is 4.90 Å². The number of aliphatic hydroxyl groups excluding tert-OH is 1. The maximum atomic E-state index is 11.9. The smallest absolute Gasteiger partial charge is 0.410 e. The van der Waals surface area contributed by atoms with Crippen LogP contribution in [0.1, 0.15) is 19.4 Å². The Labute approximate surface area is 120 Å². The van der Waals surface area contributed by atoms with Gasteiger partial charge in [0.05, 0.1) is 25.4 Å². The van der Waals surface area contributed by atoms with Crippen molar-refractivity contribution in [3.63, 3.8) is 0 Å². The van der Waals surface area contributed by atoms with Gasteiger partial charge in [0.1, 0.15) is 6.61 Å². The molecule has 0 saturated heterocycles. The highest BCUT2D eigenvalue weighted by Crippen LogP contribution is 2.06. The molecule has 1 atom stereocenters. The van der Waals surface area contributed by atoms with Gasteiger partial charge in [-0.25, -0.2) is 4.79 Å². The van der Waals surface area contributed by atoms with Crippen molar-refractivity contribution in [3.05, 3.63) is 35.9 Å². The van der Waals surface area contributed by atoms with Crippen LogP contribution >= 0.6 is 0 Å². The molecule has 0 aliphatic carbocycles. The zero-order valence-corrected chi connectivity index (χ0v) is 12.3. The Hall–Kier alpha value is -1.59. The van der Waals surface area contributed by atoms with E-state index in [-0.39, 0.29) is 25.9 Å². The maximum absolute atomic E-state index is 11.9. The second-order valence-corrected chi connectivity index (χ2v) is 4.87. The quantitative estimate of drug-likeness (QED) is 0.831. The summed E-state index contributed by atoms with van der Waals surface area (Å²) >= 11 is 0. The van der Waals surface area contributed by atoms with E-state index in [1.165, 1.54) is 4.90 Å². The van der Waals surface area contributed by atoms with E-state index in [0.29, 0.717) is 0 Å². The first-order chi connectivity index (χ1) is 9.54. The number of aliphatic hydroxyl groups is 1. The predicted octanol–water partition coefficient (Wildman–Crippen LogP) is 2.04. The van der Waals surface area contributed by atoms with Gasteiger partial charge in [-0.3, -0.25) is 0 Å². The lowest BCUT2D eigenvalue weighted by Gasteiger charge is -2.26. The van der Waals surface area contributed by atoms with E-state index < -0.39 is 12.1 Å². The van der Waals surface area contributed by atoms with Crippen LogP contribution in [0.15, 0.2) is 30.3 Å². The molecule has 0 aliphatic rings. The highest BCUT2D eigenvalue weighted by Gasteiger charge is 2.21. The lowest BCUT2D eigenvalue weighted by atomic mass is 10.2. The van der Waals surface area contributed by atoms with Crippen molar-refractivity contribution in [2.24, 2.45) is 0 Å². The number of amides is 1. The predicted molar refractivity (Wildman–Crippen MR) is 76.4 cm³/mol. The van der Waals surface area contributed by atoms with Crippen LogP contribution in [0.2, 0.25) is 0 Å². The minimum Gasteiger partial charge on any atom is -0.445 e. The van der Waals surface area contributed by atoms with Crippen molar-refractivity contribution in [3.8, 4) is 0 Å². The van der Waals surface area contributed by atoms with Gasteiger partial charge >= 0.3 is 6.09 Å². The Balaban J connectivity index is 2.44. The molecule has 1 unspecified atom stereocenters. The molecule has 0 fully saturated rings. The van der Waals surface area contributed by atoms with Crippen LogP contribution in [0.4, 0.5) is 4.79 Å². The molecule has 5 heteroatoms. The molecule has 0 aromatic heterocycles. The fourth-order valence-electron chi connectivity index (χ4n) is 1.56. The number of rotatable bonds is 7. The number of benzene rings is 1. The average molecular weight is 281 g/mol. The van der Waals surface area contributed by atoms with E-state index in [0.717, 1.165) is 5.56 Å². The Morgan fingerprint density at radius 3 is 2.50 bits per heavy atom. The summed E-state index contributed by atoms with van der Waals surface area (Å²) in [5, 5.41) is 9.31. The number of carbonyl (C=O) groups is 1. The van der Waals surface area contributed by atoms with Crippen LogP contribution < -0.4 is 0 Å². The third-order valence-corrected chi connectivity index (χ3v) is 2.87. The number of carbonyl (C=O) groups excluding carboxylic acids is 1. The zero-order valence-electron chi connectivity index (χ0n) is 12.3. The van der Waals surface area contributed by atoms with Gasteiger partial charge in [0.2, 0.25) is 0 Å². The molecule has 5 nitrogen and oxygen atoms in total. The van der Waals surface area contributed by atoms with Crippen LogP contribution in [-0.2, 0) is 16.1 Å². The largest absolute Gasteiger partial charge is 0.445 e. The molecule has 0 saturated carbocycles. The number of nitrogens with zero attached hydrogens (tertiary/aromatic N) is 1. The standard InChI is InChI=1S/C15H23NO4/c1-12(2)19-11-14(9-17)16(3)15(18)20-10-13-7-5-4-6-8-13/h4-8,12,14,17H,9-11H2,1-3H3. The Kier molecular flexibility index (Phi) is 7.04. The minimum atomic E-state index is -0.472. The Morgan fingerprint density at radius 2 is 1.95 bits per heavy atom. The molecule has 112 valence electrons. The van der Waals surface area contributed by atoms with Gasteiger partial charge in [-0.15, -0.1) is 0 Å². The fourth-order valence-corrected chi connectivity index (χ4v) is 1.56. The summed E-state index contributed by atoms with van der Waals surface area (Å²) in [5.74, 6) is 0. The normalized spacial score (nSPS) is 12.2. The first-order valence-electron chi connectivity index (χ1n) is 6.70. The van der Waals surface area contributed by atoms with Gasteiger partial charge in [-0.05, 0) is 19.4 Å². The first kappa shape index (κ1) is 16.5. The highest BCUT2D eigenvalue weighted by molar-refractivity contribution is 5.67. The number of likely N-dealkylation sites (N-methyl/N-ethyl adjacent to an activating group) is 1. The summed E-state index contributed by atoms with van der Waals surface area (Å²) in [4.78, 5) is 13.3. The van der Waals surface area contributed by atoms with E-state index in [1.807, 2.05) is 44.2 Å². The summed E-state index contributed by atoms with van der Waals surface area (Å²) in [6, 6.07) is 9.06. The van der Waals surface area contributed by atoms with Crippen molar-refractivity contribution in [2.75, 3.05) is 20.3 Å². The Bertz CT molecular complexity index is 394. The summed E-state index contributed by atoms with van der Waals surface area (Å²) in [6.07, 6.45) is -0.418. The molecule has 1 aromatic carbocycles. The fraction of sp³-hybridized carbons (Fsp3) is 0.533. The van der Waals surface area contributed by atoms with Crippen LogP contribution in [0, 0.1) is 0 Å². The molecular formula is C15H23NO4. The Morgan fingerprint density at radius 1 is 1.30 bits per heavy atom. The summed E-state index contributed by atoms with van der Waals surface area (Å²) in [7, 11) is 1.60. The molecule has 0 aliphatic heterocycles. The van der Waals surface area contributed by atoms with E-state index in [4.69, 9.17) is 9.47 Å². The number of ether oxygens (including phenoxy) is 2. The maximum Gasteiger partial charge on any atom is 0.410 e. The SMILES string of the molecule is CC(C)OCC(CO)N(C)C(=O)OCc1ccccc1. The van der Waals surface area contributed by atoms with E-state index in [1.54, 1.807) is 7.05 Å². The van der Waals surface area contributed by atoms with Crippen LogP contribution in [-0.4, -0.2) is 48.5 Å². The van der Waals surface area contributed by atoms with Gasteiger partial charge in [0.25, 0.3) is 0 Å². The number of hydrogen-bond acceptors (Lipinski definition) is 4. The van der Waals surface area contributed by atoms with Gasteiger partial charge < -0.3 is 19.5 Å². The third-order valence-electron chi connectivity index (χ3n) is 2.87. The van der Waals surface area contributed by atoms with Crippen molar-refractivity contribution in [2.45, 2.75) is 32.6 Å². The minimum absolute atomic E-state index is 0.0535. The first-order valence-corrected chi connectivity index (χ1v) is 6.70. The van der Waals surface area contributed by atoms with Gasteiger partial charge in [0.15, 0.2) is 0 Å². The molecule has 20 heavy (non-hydrogen) atoms. The topological polar surface area (TPSA) is 59.0 Å². The molecule has 1 rings (SSSR count). The molecule has 0 radical (unpaired) electrons. The van der Waals surface area contributed by atoms with Crippen molar-refractivity contribution >= 4 is 6.09 Å². The summed E-state index contributed by atoms with van der Waals surface area (Å²) < 4.78 is 10.6. The summed E-state index contributed by atoms with van der Waals surface area (Å²) in [6.45, 7) is 4.15. The summed E-state index contributed by atoms with van der Waals surface area (Å²) in [5.41, 5.74) is 0.924. The number of hydrogen-bond donors (Lipinski definition) is 1. The van der Waals surface area contributed by atoms with E-state index in [2.05, 4.69) is 0 Å². The van der Waals surface area contributed by atoms with E-state index >= 15 is 0 Å². The van der Waals surface area contributed by atoms with Gasteiger partial charge in [-0.2, -0.15) is 0 Å². The molecule has 1 amide bonds. The molecular weight excluding hydrogens is 258 g/mol. The highest BCUT2D eigenvalue weighted by atomic mass is 16.6. The van der Waals surface area contributed by atoms with Crippen LogP contribution in [0.5, 0.6) is 0 Å². The van der Waals surface area contributed by atoms with Crippen molar-refractivity contribution < 1.29 is 19.4 Å². The van der Waals surface area contributed by atoms with Crippen molar-refractivity contribution in [1.29, 1.82) is 0 Å². The molecule has 0 bridgehead atoms. The molecule has 0 heterocycles. The van der Waals surface area contributed by atoms with Gasteiger partial charge in [-0.1, -0.05) is 30.3 Å².